The summed E-state index contributed by atoms with van der Waals surface area (Å²) in [6, 6.07) is 19.6. The van der Waals surface area contributed by atoms with Crippen LogP contribution in [0.5, 0.6) is 0 Å². The largest absolute Gasteiger partial charge is 0.364 e. The molecule has 28 heavy (non-hydrogen) atoms. The highest BCUT2D eigenvalue weighted by Crippen LogP contribution is 2.20. The second-order valence-electron chi connectivity index (χ2n) is 6.98. The molecule has 1 fully saturated rings. The van der Waals surface area contributed by atoms with E-state index in [1.54, 1.807) is 17.0 Å². The summed E-state index contributed by atoms with van der Waals surface area (Å²) >= 11 is 0. The zero-order valence-electron chi connectivity index (χ0n) is 15.5. The fraction of sp³-hybridized carbons (Fsp3) is 0.227. The Bertz CT molecular complexity index is 1020. The summed E-state index contributed by atoms with van der Waals surface area (Å²) < 4.78 is 0. The van der Waals surface area contributed by atoms with Gasteiger partial charge in [0, 0.05) is 32.7 Å². The number of benzene rings is 2. The molecular weight excluding hydrogens is 352 g/mol. The van der Waals surface area contributed by atoms with Crippen LogP contribution in [0.15, 0.2) is 60.7 Å². The first-order valence-electron chi connectivity index (χ1n) is 9.37. The van der Waals surface area contributed by atoms with Crippen molar-refractivity contribution in [1.82, 2.24) is 14.8 Å². The molecule has 0 unspecified atom stereocenters. The van der Waals surface area contributed by atoms with E-state index in [4.69, 9.17) is 5.73 Å². The van der Waals surface area contributed by atoms with Gasteiger partial charge in [-0.3, -0.25) is 14.5 Å². The average Bonchev–Trinajstić information content (AvgIpc) is 2.74. The fourth-order valence-electron chi connectivity index (χ4n) is 3.63. The number of nitrogens with zero attached hydrogens (tertiary/aromatic N) is 3. The summed E-state index contributed by atoms with van der Waals surface area (Å²) in [7, 11) is 0. The van der Waals surface area contributed by atoms with Crippen LogP contribution in [0.25, 0.3) is 10.8 Å². The number of carbonyl (C=O) groups is 2. The van der Waals surface area contributed by atoms with Crippen LogP contribution in [0.4, 0.5) is 0 Å². The number of primary amides is 1. The lowest BCUT2D eigenvalue weighted by Crippen LogP contribution is -2.48. The minimum absolute atomic E-state index is 0.112. The second-order valence-corrected chi connectivity index (χ2v) is 6.98. The average molecular weight is 374 g/mol. The van der Waals surface area contributed by atoms with Crippen molar-refractivity contribution in [1.29, 1.82) is 0 Å². The number of amides is 2. The summed E-state index contributed by atoms with van der Waals surface area (Å²) in [5, 5.41) is 2.52. The van der Waals surface area contributed by atoms with E-state index in [9.17, 15) is 9.59 Å². The molecule has 2 heterocycles. The number of hydrogen-bond acceptors (Lipinski definition) is 4. The maximum absolute atomic E-state index is 12.7. The van der Waals surface area contributed by atoms with Crippen molar-refractivity contribution in [2.45, 2.75) is 6.54 Å². The minimum Gasteiger partial charge on any atom is -0.364 e. The maximum atomic E-state index is 12.7. The Balaban J connectivity index is 1.41. The third-order valence-electron chi connectivity index (χ3n) is 5.15. The van der Waals surface area contributed by atoms with Crippen LogP contribution in [0.3, 0.4) is 0 Å². The first-order chi connectivity index (χ1) is 13.6. The van der Waals surface area contributed by atoms with Gasteiger partial charge in [0.2, 0.25) is 0 Å². The number of pyridine rings is 1. The van der Waals surface area contributed by atoms with Gasteiger partial charge in [-0.05, 0) is 28.5 Å². The van der Waals surface area contributed by atoms with Gasteiger partial charge in [-0.2, -0.15) is 0 Å². The molecule has 142 valence electrons. The fourth-order valence-corrected chi connectivity index (χ4v) is 3.63. The highest BCUT2D eigenvalue weighted by molar-refractivity contribution is 5.95. The van der Waals surface area contributed by atoms with Crippen molar-refractivity contribution in [2.75, 3.05) is 26.2 Å². The van der Waals surface area contributed by atoms with Crippen molar-refractivity contribution in [3.05, 3.63) is 77.6 Å². The number of aromatic nitrogens is 1. The Hall–Kier alpha value is -3.25. The molecule has 0 atom stereocenters. The summed E-state index contributed by atoms with van der Waals surface area (Å²) in [5.74, 6) is -0.789. The summed E-state index contributed by atoms with van der Waals surface area (Å²) in [4.78, 5) is 32.2. The van der Waals surface area contributed by atoms with Crippen LogP contribution in [0.2, 0.25) is 0 Å². The summed E-state index contributed by atoms with van der Waals surface area (Å²) in [5.41, 5.74) is 6.93. The van der Waals surface area contributed by atoms with Crippen LogP contribution >= 0.6 is 0 Å². The van der Waals surface area contributed by atoms with Crippen LogP contribution in [0, 0.1) is 0 Å². The summed E-state index contributed by atoms with van der Waals surface area (Å²) in [6.07, 6.45) is 0. The molecule has 6 nitrogen and oxygen atoms in total. The smallest absolute Gasteiger partial charge is 0.272 e. The zero-order valence-corrected chi connectivity index (χ0v) is 15.5. The first-order valence-corrected chi connectivity index (χ1v) is 9.37. The Morgan fingerprint density at radius 3 is 2.32 bits per heavy atom. The predicted molar refractivity (Wildman–Crippen MR) is 108 cm³/mol. The molecule has 0 bridgehead atoms. The lowest BCUT2D eigenvalue weighted by atomic mass is 10.0. The van der Waals surface area contributed by atoms with Crippen molar-refractivity contribution in [2.24, 2.45) is 5.73 Å². The normalized spacial score (nSPS) is 14.9. The Kier molecular flexibility index (Phi) is 5.04. The number of nitrogens with two attached hydrogens (primary N) is 1. The number of rotatable bonds is 4. The van der Waals surface area contributed by atoms with Gasteiger partial charge < -0.3 is 10.6 Å². The second kappa shape index (κ2) is 7.78. The van der Waals surface area contributed by atoms with Crippen LogP contribution < -0.4 is 5.73 Å². The third-order valence-corrected chi connectivity index (χ3v) is 5.15. The lowest BCUT2D eigenvalue weighted by molar-refractivity contribution is 0.0623. The number of hydrogen-bond donors (Lipinski definition) is 1. The SMILES string of the molecule is NC(=O)c1cccc(C(=O)N2CCN(Cc3cccc4ccccc34)CC2)n1. The molecule has 2 aromatic carbocycles. The molecule has 0 aliphatic carbocycles. The molecular formula is C22H22N4O2. The first kappa shape index (κ1) is 18.1. The molecule has 1 aliphatic rings. The van der Waals surface area contributed by atoms with Gasteiger partial charge in [0.15, 0.2) is 0 Å². The van der Waals surface area contributed by atoms with Crippen LogP contribution in [-0.2, 0) is 6.54 Å². The van der Waals surface area contributed by atoms with Crippen LogP contribution in [-0.4, -0.2) is 52.8 Å². The number of carbonyl (C=O) groups excluding carboxylic acids is 2. The Morgan fingerprint density at radius 1 is 0.857 bits per heavy atom. The van der Waals surface area contributed by atoms with Gasteiger partial charge in [0.1, 0.15) is 11.4 Å². The van der Waals surface area contributed by atoms with E-state index in [2.05, 4.69) is 52.3 Å². The van der Waals surface area contributed by atoms with Gasteiger partial charge in [-0.15, -0.1) is 0 Å². The van der Waals surface area contributed by atoms with Crippen molar-refractivity contribution in [3.63, 3.8) is 0 Å². The Morgan fingerprint density at radius 2 is 1.54 bits per heavy atom. The topological polar surface area (TPSA) is 79.5 Å². The maximum Gasteiger partial charge on any atom is 0.272 e. The zero-order chi connectivity index (χ0) is 19.5. The van der Waals surface area contributed by atoms with Gasteiger partial charge in [-0.25, -0.2) is 4.98 Å². The van der Waals surface area contributed by atoms with Gasteiger partial charge in [0.05, 0.1) is 0 Å². The monoisotopic (exact) mass is 374 g/mol. The molecule has 3 aromatic rings. The molecule has 0 saturated carbocycles. The Labute approximate surface area is 163 Å². The predicted octanol–water partition coefficient (Wildman–Crippen LogP) is 2.29. The van der Waals surface area contributed by atoms with E-state index in [0.717, 1.165) is 19.6 Å². The van der Waals surface area contributed by atoms with E-state index in [-0.39, 0.29) is 17.3 Å². The van der Waals surface area contributed by atoms with Crippen molar-refractivity contribution in [3.8, 4) is 0 Å². The third kappa shape index (κ3) is 3.73. The highest BCUT2D eigenvalue weighted by atomic mass is 16.2. The molecule has 0 spiro atoms. The molecule has 4 rings (SSSR count). The number of piperazine rings is 1. The van der Waals surface area contributed by atoms with Crippen molar-refractivity contribution >= 4 is 22.6 Å². The minimum atomic E-state index is -0.630. The van der Waals surface area contributed by atoms with E-state index in [0.29, 0.717) is 13.1 Å². The standard InChI is InChI=1S/C22H22N4O2/c23-21(27)19-9-4-10-20(24-19)22(28)26-13-11-25(12-14-26)15-17-7-3-6-16-5-1-2-8-18(16)17/h1-10H,11-15H2,(H2,23,27). The molecule has 1 saturated heterocycles. The molecule has 6 heteroatoms. The van der Waals surface area contributed by atoms with Gasteiger partial charge >= 0.3 is 0 Å². The molecule has 2 N–H and O–H groups in total. The van der Waals surface area contributed by atoms with E-state index < -0.39 is 5.91 Å². The lowest BCUT2D eigenvalue weighted by Gasteiger charge is -2.34. The molecule has 1 aromatic heterocycles. The van der Waals surface area contributed by atoms with Gasteiger partial charge in [0.25, 0.3) is 11.8 Å². The van der Waals surface area contributed by atoms with E-state index >= 15 is 0 Å². The molecule has 2 amide bonds. The van der Waals surface area contributed by atoms with Gasteiger partial charge in [-0.1, -0.05) is 48.5 Å². The molecule has 0 radical (unpaired) electrons. The van der Waals surface area contributed by atoms with E-state index in [1.165, 1.54) is 22.4 Å². The van der Waals surface area contributed by atoms with Crippen LogP contribution in [0.1, 0.15) is 26.5 Å². The highest BCUT2D eigenvalue weighted by Gasteiger charge is 2.23. The van der Waals surface area contributed by atoms with Crippen molar-refractivity contribution < 1.29 is 9.59 Å². The summed E-state index contributed by atoms with van der Waals surface area (Å²) in [6.45, 7) is 3.71. The molecule has 1 aliphatic heterocycles. The quantitative estimate of drug-likeness (QED) is 0.760. The van der Waals surface area contributed by atoms with E-state index in [1.807, 2.05) is 0 Å². The number of fused-ring (bicyclic) bond motifs is 1.